The van der Waals surface area contributed by atoms with Crippen molar-refractivity contribution < 1.29 is 23.7 Å². The number of nitro groups is 1. The van der Waals surface area contributed by atoms with Gasteiger partial charge in [0.1, 0.15) is 17.3 Å². The van der Waals surface area contributed by atoms with Gasteiger partial charge < -0.3 is 24.3 Å². The number of hydrogen-bond acceptors (Lipinski definition) is 7. The second-order valence-electron chi connectivity index (χ2n) is 9.97. The summed E-state index contributed by atoms with van der Waals surface area (Å²) in [7, 11) is 1.53. The fraction of sp³-hybridized carbons (Fsp3) is 0.188. The molecule has 1 aromatic heterocycles. The van der Waals surface area contributed by atoms with Crippen LogP contribution in [-0.4, -0.2) is 54.9 Å². The largest absolute Gasteiger partial charge is 0.496 e. The molecule has 0 atom stereocenters. The van der Waals surface area contributed by atoms with Crippen LogP contribution in [0.1, 0.15) is 21.7 Å². The van der Waals surface area contributed by atoms with E-state index in [4.69, 9.17) is 20.8 Å². The monoisotopic (exact) mass is 600 g/mol. The van der Waals surface area contributed by atoms with Gasteiger partial charge in [-0.05, 0) is 79.2 Å². The number of methoxy groups -OCH3 is 1. The van der Waals surface area contributed by atoms with E-state index >= 15 is 0 Å². The molecule has 1 aliphatic heterocycles. The number of benzene rings is 3. The summed E-state index contributed by atoms with van der Waals surface area (Å²) in [6.07, 6.45) is 2.85. The number of anilines is 2. The Morgan fingerprint density at radius 3 is 2.44 bits per heavy atom. The van der Waals surface area contributed by atoms with E-state index in [-0.39, 0.29) is 17.5 Å². The normalized spacial score (nSPS) is 13.3. The van der Waals surface area contributed by atoms with Crippen molar-refractivity contribution in [2.75, 3.05) is 43.5 Å². The fourth-order valence-corrected chi connectivity index (χ4v) is 5.04. The first-order valence-corrected chi connectivity index (χ1v) is 13.9. The van der Waals surface area contributed by atoms with Crippen molar-refractivity contribution in [2.24, 2.45) is 0 Å². The quantitative estimate of drug-likeness (QED) is 0.140. The first-order chi connectivity index (χ1) is 20.7. The molecule has 43 heavy (non-hydrogen) atoms. The second-order valence-corrected chi connectivity index (χ2v) is 10.4. The Kier molecular flexibility index (Phi) is 8.77. The highest BCUT2D eigenvalue weighted by Crippen LogP contribution is 2.32. The number of carbonyl (C=O) groups excluding carboxylic acids is 2. The van der Waals surface area contributed by atoms with Crippen LogP contribution in [-0.2, 0) is 4.79 Å². The summed E-state index contributed by atoms with van der Waals surface area (Å²) >= 11 is 6.10. The molecule has 3 aromatic carbocycles. The lowest BCUT2D eigenvalue weighted by Gasteiger charge is -2.36. The maximum absolute atomic E-state index is 13.1. The average Bonchev–Trinajstić information content (AvgIpc) is 3.49. The number of aryl methyl sites for hydroxylation is 1. The third kappa shape index (κ3) is 6.87. The summed E-state index contributed by atoms with van der Waals surface area (Å²) in [5.74, 6) is 0.758. The molecule has 4 aromatic rings. The number of amides is 2. The lowest BCUT2D eigenvalue weighted by atomic mass is 10.1. The van der Waals surface area contributed by atoms with Gasteiger partial charge in [0.2, 0.25) is 5.91 Å². The van der Waals surface area contributed by atoms with E-state index in [9.17, 15) is 19.7 Å². The molecule has 2 amide bonds. The molecule has 2 heterocycles. The van der Waals surface area contributed by atoms with Crippen LogP contribution in [0.25, 0.3) is 17.4 Å². The molecule has 220 valence electrons. The van der Waals surface area contributed by atoms with Gasteiger partial charge in [-0.15, -0.1) is 0 Å². The Hall–Kier alpha value is -5.09. The molecule has 1 N–H and O–H groups in total. The van der Waals surface area contributed by atoms with Crippen LogP contribution >= 0.6 is 11.6 Å². The third-order valence-corrected chi connectivity index (χ3v) is 7.34. The van der Waals surface area contributed by atoms with Gasteiger partial charge >= 0.3 is 0 Å². The number of hydrogen-bond donors (Lipinski definition) is 1. The summed E-state index contributed by atoms with van der Waals surface area (Å²) in [6.45, 7) is 4.18. The number of furan rings is 1. The van der Waals surface area contributed by atoms with E-state index in [1.165, 1.54) is 25.3 Å². The molecule has 0 aliphatic carbocycles. The topological polar surface area (TPSA) is 118 Å². The number of nitro benzene ring substituents is 1. The zero-order chi connectivity index (χ0) is 30.5. The summed E-state index contributed by atoms with van der Waals surface area (Å²) in [5, 5.41) is 14.7. The first-order valence-electron chi connectivity index (χ1n) is 13.5. The van der Waals surface area contributed by atoms with Crippen LogP contribution in [0.2, 0.25) is 5.02 Å². The van der Waals surface area contributed by atoms with Crippen LogP contribution < -0.4 is 15.0 Å². The van der Waals surface area contributed by atoms with Crippen molar-refractivity contribution in [1.82, 2.24) is 4.90 Å². The minimum atomic E-state index is -0.444. The number of ether oxygens (including phenoxy) is 1. The molecule has 0 bridgehead atoms. The van der Waals surface area contributed by atoms with E-state index in [0.29, 0.717) is 65.3 Å². The van der Waals surface area contributed by atoms with Gasteiger partial charge in [-0.25, -0.2) is 0 Å². The highest BCUT2D eigenvalue weighted by molar-refractivity contribution is 6.31. The minimum Gasteiger partial charge on any atom is -0.496 e. The molecule has 0 saturated carbocycles. The third-order valence-electron chi connectivity index (χ3n) is 7.10. The molecular formula is C32H29ClN4O6. The van der Waals surface area contributed by atoms with E-state index in [1.807, 2.05) is 24.3 Å². The van der Waals surface area contributed by atoms with Gasteiger partial charge in [-0.3, -0.25) is 19.7 Å². The smallest absolute Gasteiger partial charge is 0.280 e. The lowest BCUT2D eigenvalue weighted by Crippen LogP contribution is -2.48. The standard InChI is InChI=1S/C32H29ClN4O6/c1-21-3-11-26(28(19-21)37(40)41)30-13-9-25(43-30)10-14-31(38)34-23-5-7-24(8-6-23)35-15-17-36(18-16-35)32(39)27-20-22(33)4-12-29(27)42-2/h3-14,19-20H,15-18H2,1-2H3,(H,34,38)/b14-10+. The SMILES string of the molecule is COc1ccc(Cl)cc1C(=O)N1CCN(c2ccc(NC(=O)/C=C/c3ccc(-c4ccc(C)cc4[N+](=O)[O-])o3)cc2)CC1. The van der Waals surface area contributed by atoms with Gasteiger partial charge in [-0.2, -0.15) is 0 Å². The summed E-state index contributed by atoms with van der Waals surface area (Å²) < 4.78 is 11.1. The maximum Gasteiger partial charge on any atom is 0.280 e. The Bertz CT molecular complexity index is 1690. The van der Waals surface area contributed by atoms with Crippen LogP contribution in [0.3, 0.4) is 0 Å². The lowest BCUT2D eigenvalue weighted by molar-refractivity contribution is -0.384. The average molecular weight is 601 g/mol. The Morgan fingerprint density at radius 2 is 1.74 bits per heavy atom. The summed E-state index contributed by atoms with van der Waals surface area (Å²) in [5.41, 5.74) is 3.15. The van der Waals surface area contributed by atoms with E-state index < -0.39 is 4.92 Å². The minimum absolute atomic E-state index is 0.0420. The molecule has 1 fully saturated rings. The van der Waals surface area contributed by atoms with Crippen LogP contribution in [0, 0.1) is 17.0 Å². The van der Waals surface area contributed by atoms with Crippen LogP contribution in [0.4, 0.5) is 17.1 Å². The van der Waals surface area contributed by atoms with Gasteiger partial charge in [0.15, 0.2) is 0 Å². The van der Waals surface area contributed by atoms with Crippen molar-refractivity contribution in [3.63, 3.8) is 0 Å². The highest BCUT2D eigenvalue weighted by Gasteiger charge is 2.25. The second kappa shape index (κ2) is 12.8. The summed E-state index contributed by atoms with van der Waals surface area (Å²) in [6, 6.07) is 20.7. The molecule has 1 aliphatic rings. The van der Waals surface area contributed by atoms with Crippen molar-refractivity contribution in [2.45, 2.75) is 6.92 Å². The van der Waals surface area contributed by atoms with Crippen molar-refractivity contribution in [3.8, 4) is 17.1 Å². The number of halogens is 1. The number of rotatable bonds is 8. The zero-order valence-corrected chi connectivity index (χ0v) is 24.3. The van der Waals surface area contributed by atoms with Crippen LogP contribution in [0.15, 0.2) is 83.3 Å². The van der Waals surface area contributed by atoms with Crippen molar-refractivity contribution >= 4 is 46.6 Å². The number of nitrogens with one attached hydrogen (secondary N) is 1. The number of nitrogens with zero attached hydrogens (tertiary/aromatic N) is 3. The Labute approximate surface area is 253 Å². The molecule has 10 nitrogen and oxygen atoms in total. The zero-order valence-electron chi connectivity index (χ0n) is 23.6. The Balaban J connectivity index is 1.15. The molecule has 0 radical (unpaired) electrons. The molecule has 0 spiro atoms. The predicted octanol–water partition coefficient (Wildman–Crippen LogP) is 6.44. The van der Waals surface area contributed by atoms with Gasteiger partial charge in [0, 0.05) is 54.7 Å². The Morgan fingerprint density at radius 1 is 1.00 bits per heavy atom. The van der Waals surface area contributed by atoms with Crippen LogP contribution in [0.5, 0.6) is 5.75 Å². The van der Waals surface area contributed by atoms with E-state index in [0.717, 1.165) is 11.3 Å². The predicted molar refractivity (Wildman–Crippen MR) is 166 cm³/mol. The molecule has 11 heteroatoms. The summed E-state index contributed by atoms with van der Waals surface area (Å²) in [4.78, 5) is 40.6. The molecule has 1 saturated heterocycles. The van der Waals surface area contributed by atoms with Crippen molar-refractivity contribution in [3.05, 3.63) is 111 Å². The molecular weight excluding hydrogens is 572 g/mol. The molecule has 5 rings (SSSR count). The van der Waals surface area contributed by atoms with E-state index in [1.54, 1.807) is 54.3 Å². The van der Waals surface area contributed by atoms with E-state index in [2.05, 4.69) is 10.2 Å². The highest BCUT2D eigenvalue weighted by atomic mass is 35.5. The van der Waals surface area contributed by atoms with Gasteiger partial charge in [0.25, 0.3) is 11.6 Å². The number of piperazine rings is 1. The number of carbonyl (C=O) groups is 2. The van der Waals surface area contributed by atoms with Gasteiger partial charge in [0.05, 0.1) is 23.2 Å². The van der Waals surface area contributed by atoms with Crippen molar-refractivity contribution in [1.29, 1.82) is 0 Å². The fourth-order valence-electron chi connectivity index (χ4n) is 4.87. The maximum atomic E-state index is 13.1. The first kappa shape index (κ1) is 29.4. The van der Waals surface area contributed by atoms with Gasteiger partial charge in [-0.1, -0.05) is 17.7 Å². The molecule has 0 unspecified atom stereocenters.